The molecule has 2 bridgehead atoms. The summed E-state index contributed by atoms with van der Waals surface area (Å²) < 4.78 is 11.2. The van der Waals surface area contributed by atoms with Crippen molar-refractivity contribution in [1.29, 1.82) is 0 Å². The van der Waals surface area contributed by atoms with Crippen LogP contribution < -0.4 is 0 Å². The third kappa shape index (κ3) is 1.52. The van der Waals surface area contributed by atoms with E-state index in [9.17, 15) is 9.59 Å². The molecule has 0 aromatic rings. The van der Waals surface area contributed by atoms with Crippen LogP contribution in [-0.2, 0) is 19.1 Å². The Morgan fingerprint density at radius 1 is 1.47 bits per heavy atom. The summed E-state index contributed by atoms with van der Waals surface area (Å²) in [5, 5.41) is 0. The molecule has 0 radical (unpaired) electrons. The van der Waals surface area contributed by atoms with Crippen LogP contribution in [0.4, 0.5) is 0 Å². The molecular formula is C15H22O4. The second kappa shape index (κ2) is 3.74. The lowest BCUT2D eigenvalue weighted by molar-refractivity contribution is -0.172. The van der Waals surface area contributed by atoms with E-state index in [1.165, 1.54) is 0 Å². The first-order valence-corrected chi connectivity index (χ1v) is 7.23. The number of hydrogen-bond donors (Lipinski definition) is 0. The van der Waals surface area contributed by atoms with E-state index in [4.69, 9.17) is 9.47 Å². The highest BCUT2D eigenvalue weighted by atomic mass is 16.6. The van der Waals surface area contributed by atoms with Gasteiger partial charge in [-0.15, -0.1) is 0 Å². The Labute approximate surface area is 113 Å². The minimum atomic E-state index is -0.604. The molecule has 0 aromatic heterocycles. The van der Waals surface area contributed by atoms with Crippen LogP contribution in [0.25, 0.3) is 0 Å². The van der Waals surface area contributed by atoms with Gasteiger partial charge in [-0.05, 0) is 40.0 Å². The third-order valence-electron chi connectivity index (χ3n) is 5.70. The van der Waals surface area contributed by atoms with E-state index in [1.54, 1.807) is 0 Å². The standard InChI is InChI=1S/C15H22O4/c1-5-14(2,3)12(16)19-11-8-6-9-10(7-8)18-13(17)15(9,11)4/h8-11H,5-7H2,1-4H3. The lowest BCUT2D eigenvalue weighted by Crippen LogP contribution is -2.45. The van der Waals surface area contributed by atoms with Gasteiger partial charge in [-0.3, -0.25) is 9.59 Å². The van der Waals surface area contributed by atoms with Gasteiger partial charge in [0.2, 0.25) is 0 Å². The first-order valence-electron chi connectivity index (χ1n) is 7.23. The van der Waals surface area contributed by atoms with E-state index < -0.39 is 10.8 Å². The van der Waals surface area contributed by atoms with Gasteiger partial charge in [0, 0.05) is 11.8 Å². The molecule has 0 amide bonds. The van der Waals surface area contributed by atoms with E-state index in [2.05, 4.69) is 0 Å². The molecule has 1 heterocycles. The summed E-state index contributed by atoms with van der Waals surface area (Å²) in [6, 6.07) is 0. The van der Waals surface area contributed by atoms with E-state index >= 15 is 0 Å². The Morgan fingerprint density at radius 2 is 2.16 bits per heavy atom. The molecule has 5 atom stereocenters. The molecule has 2 saturated carbocycles. The van der Waals surface area contributed by atoms with Gasteiger partial charge in [-0.2, -0.15) is 0 Å². The van der Waals surface area contributed by atoms with Crippen molar-refractivity contribution in [2.45, 2.75) is 59.2 Å². The topological polar surface area (TPSA) is 52.6 Å². The molecule has 0 N–H and O–H groups in total. The Balaban J connectivity index is 1.83. The van der Waals surface area contributed by atoms with Gasteiger partial charge in [0.25, 0.3) is 0 Å². The molecule has 3 fully saturated rings. The average molecular weight is 266 g/mol. The maximum Gasteiger partial charge on any atom is 0.316 e. The average Bonchev–Trinajstić information content (AvgIpc) is 2.92. The van der Waals surface area contributed by atoms with Crippen molar-refractivity contribution in [2.75, 3.05) is 0 Å². The van der Waals surface area contributed by atoms with Crippen LogP contribution in [0.1, 0.15) is 47.0 Å². The van der Waals surface area contributed by atoms with Crippen molar-refractivity contribution in [2.24, 2.45) is 22.7 Å². The quantitative estimate of drug-likeness (QED) is 0.736. The van der Waals surface area contributed by atoms with E-state index in [0.717, 1.165) is 19.3 Å². The molecule has 106 valence electrons. The smallest absolute Gasteiger partial charge is 0.316 e. The van der Waals surface area contributed by atoms with Gasteiger partial charge in [-0.25, -0.2) is 0 Å². The van der Waals surface area contributed by atoms with Crippen LogP contribution in [0, 0.1) is 22.7 Å². The summed E-state index contributed by atoms with van der Waals surface area (Å²) in [7, 11) is 0. The molecule has 0 spiro atoms. The van der Waals surface area contributed by atoms with Gasteiger partial charge < -0.3 is 9.47 Å². The summed E-state index contributed by atoms with van der Waals surface area (Å²) >= 11 is 0. The molecular weight excluding hydrogens is 244 g/mol. The molecule has 1 saturated heterocycles. The molecule has 5 unspecified atom stereocenters. The van der Waals surface area contributed by atoms with Crippen LogP contribution in [0.2, 0.25) is 0 Å². The summed E-state index contributed by atoms with van der Waals surface area (Å²) in [4.78, 5) is 24.4. The van der Waals surface area contributed by atoms with E-state index in [1.807, 2.05) is 27.7 Å². The maximum absolute atomic E-state index is 12.3. The lowest BCUT2D eigenvalue weighted by atomic mass is 9.73. The number of fused-ring (bicyclic) bond motifs is 1. The lowest BCUT2D eigenvalue weighted by Gasteiger charge is -2.34. The van der Waals surface area contributed by atoms with Gasteiger partial charge in [0.05, 0.1) is 5.41 Å². The highest BCUT2D eigenvalue weighted by molar-refractivity contribution is 5.83. The number of hydrogen-bond acceptors (Lipinski definition) is 4. The van der Waals surface area contributed by atoms with E-state index in [-0.39, 0.29) is 30.1 Å². The zero-order chi connectivity index (χ0) is 14.0. The predicted octanol–water partition coefficient (Wildman–Crippen LogP) is 2.31. The normalized spacial score (nSPS) is 43.5. The number of rotatable bonds is 3. The highest BCUT2D eigenvalue weighted by Crippen LogP contribution is 2.62. The van der Waals surface area contributed by atoms with Crippen LogP contribution in [0.3, 0.4) is 0 Å². The van der Waals surface area contributed by atoms with E-state index in [0.29, 0.717) is 5.92 Å². The Bertz CT molecular complexity index is 441. The largest absolute Gasteiger partial charge is 0.461 e. The second-order valence-corrected chi connectivity index (χ2v) is 7.13. The summed E-state index contributed by atoms with van der Waals surface area (Å²) in [6.45, 7) is 7.67. The van der Waals surface area contributed by atoms with Crippen molar-refractivity contribution in [3.63, 3.8) is 0 Å². The van der Waals surface area contributed by atoms with Gasteiger partial charge in [0.1, 0.15) is 17.6 Å². The zero-order valence-electron chi connectivity index (χ0n) is 12.1. The van der Waals surface area contributed by atoms with Crippen molar-refractivity contribution in [3.8, 4) is 0 Å². The van der Waals surface area contributed by atoms with Crippen LogP contribution in [0.5, 0.6) is 0 Å². The maximum atomic E-state index is 12.3. The molecule has 4 heteroatoms. The van der Waals surface area contributed by atoms with Crippen molar-refractivity contribution < 1.29 is 19.1 Å². The Morgan fingerprint density at radius 3 is 2.79 bits per heavy atom. The first-order chi connectivity index (χ1) is 8.80. The van der Waals surface area contributed by atoms with Crippen molar-refractivity contribution in [1.82, 2.24) is 0 Å². The summed E-state index contributed by atoms with van der Waals surface area (Å²) in [6.07, 6.45) is 2.32. The van der Waals surface area contributed by atoms with Crippen molar-refractivity contribution in [3.05, 3.63) is 0 Å². The minimum absolute atomic E-state index is 0.0663. The predicted molar refractivity (Wildman–Crippen MR) is 68.2 cm³/mol. The van der Waals surface area contributed by atoms with Crippen molar-refractivity contribution >= 4 is 11.9 Å². The molecule has 2 aliphatic carbocycles. The number of carbonyl (C=O) groups is 2. The molecule has 3 aliphatic rings. The molecule has 3 rings (SSSR count). The third-order valence-corrected chi connectivity index (χ3v) is 5.70. The van der Waals surface area contributed by atoms with Crippen LogP contribution in [-0.4, -0.2) is 24.1 Å². The first kappa shape index (κ1) is 12.9. The molecule has 4 nitrogen and oxygen atoms in total. The molecule has 0 aromatic carbocycles. The van der Waals surface area contributed by atoms with Crippen LogP contribution >= 0.6 is 0 Å². The fourth-order valence-corrected chi connectivity index (χ4v) is 3.92. The van der Waals surface area contributed by atoms with Crippen LogP contribution in [0.15, 0.2) is 0 Å². The number of carbonyl (C=O) groups excluding carboxylic acids is 2. The number of ether oxygens (including phenoxy) is 2. The fourth-order valence-electron chi connectivity index (χ4n) is 3.92. The summed E-state index contributed by atoms with van der Waals surface area (Å²) in [5.74, 6) is 0.176. The van der Waals surface area contributed by atoms with Gasteiger partial charge in [-0.1, -0.05) is 6.92 Å². The Hall–Kier alpha value is -1.06. The zero-order valence-corrected chi connectivity index (χ0v) is 12.1. The second-order valence-electron chi connectivity index (χ2n) is 7.13. The highest BCUT2D eigenvalue weighted by Gasteiger charge is 2.71. The molecule has 19 heavy (non-hydrogen) atoms. The van der Waals surface area contributed by atoms with Gasteiger partial charge in [0.15, 0.2) is 0 Å². The van der Waals surface area contributed by atoms with Gasteiger partial charge >= 0.3 is 11.9 Å². The fraction of sp³-hybridized carbons (Fsp3) is 0.867. The number of esters is 2. The minimum Gasteiger partial charge on any atom is -0.461 e. The Kier molecular flexibility index (Phi) is 2.55. The SMILES string of the molecule is CCC(C)(C)C(=O)OC1C2CC3OC(=O)C1(C)C3C2. The molecule has 1 aliphatic heterocycles. The monoisotopic (exact) mass is 266 g/mol. The summed E-state index contributed by atoms with van der Waals surface area (Å²) in [5.41, 5.74) is -1.09.